The molecule has 0 aliphatic rings. The van der Waals surface area contributed by atoms with Crippen LogP contribution in [-0.4, -0.2) is 30.4 Å². The number of nitrogens with zero attached hydrogens (tertiary/aromatic N) is 5. The molecule has 0 aliphatic carbocycles. The molecule has 26 heavy (non-hydrogen) atoms. The summed E-state index contributed by atoms with van der Waals surface area (Å²) in [5.74, 6) is -1.05. The molecular weight excluding hydrogens is 343 g/mol. The Morgan fingerprint density at radius 3 is 2.88 bits per heavy atom. The number of carbonyl (C=O) groups is 1. The average Bonchev–Trinajstić information content (AvgIpc) is 3.12. The van der Waals surface area contributed by atoms with Gasteiger partial charge in [0, 0.05) is 13.2 Å². The van der Waals surface area contributed by atoms with Crippen molar-refractivity contribution in [2.24, 2.45) is 7.05 Å². The monoisotopic (exact) mass is 358 g/mol. The van der Waals surface area contributed by atoms with Crippen LogP contribution in [0.1, 0.15) is 21.7 Å². The lowest BCUT2D eigenvalue weighted by Gasteiger charge is -2.02. The summed E-state index contributed by atoms with van der Waals surface area (Å²) >= 11 is 0. The highest BCUT2D eigenvalue weighted by Crippen LogP contribution is 2.23. The summed E-state index contributed by atoms with van der Waals surface area (Å²) < 4.78 is 16.0. The van der Waals surface area contributed by atoms with Crippen LogP contribution in [0.15, 0.2) is 36.7 Å². The number of nitrogens with one attached hydrogen (secondary N) is 1. The summed E-state index contributed by atoms with van der Waals surface area (Å²) in [6.07, 6.45) is 2.95. The number of rotatable bonds is 5. The standard InChI is InChI=1S/C16H15FN6O3/c1-10-15(23(25)26)14(20-21(10)2)16(24)19-13-7-18-22(9-13)8-11-4-3-5-12(17)6-11/h3-7,9H,8H2,1-2H3,(H,19,24). The smallest absolute Gasteiger partial charge is 0.318 e. The lowest BCUT2D eigenvalue weighted by Crippen LogP contribution is -2.14. The van der Waals surface area contributed by atoms with Gasteiger partial charge in [-0.25, -0.2) is 4.39 Å². The summed E-state index contributed by atoms with van der Waals surface area (Å²) in [6.45, 7) is 1.83. The van der Waals surface area contributed by atoms with Crippen LogP contribution in [0.4, 0.5) is 15.8 Å². The lowest BCUT2D eigenvalue weighted by atomic mass is 10.2. The number of aryl methyl sites for hydroxylation is 1. The number of hydrogen-bond donors (Lipinski definition) is 1. The van der Waals surface area contributed by atoms with Crippen molar-refractivity contribution in [2.45, 2.75) is 13.5 Å². The van der Waals surface area contributed by atoms with E-state index in [1.165, 1.54) is 41.7 Å². The molecule has 3 rings (SSSR count). The molecule has 0 bridgehead atoms. The maximum atomic E-state index is 13.2. The van der Waals surface area contributed by atoms with Gasteiger partial charge in [0.2, 0.25) is 5.69 Å². The van der Waals surface area contributed by atoms with Gasteiger partial charge in [-0.3, -0.25) is 24.3 Å². The largest absolute Gasteiger partial charge is 0.322 e. The molecule has 134 valence electrons. The Morgan fingerprint density at radius 2 is 2.19 bits per heavy atom. The molecule has 0 atom stereocenters. The molecular formula is C16H15FN6O3. The number of carbonyl (C=O) groups excluding carboxylic acids is 1. The predicted octanol–water partition coefficient (Wildman–Crippen LogP) is 2.27. The zero-order valence-electron chi connectivity index (χ0n) is 14.0. The molecule has 1 aromatic carbocycles. The molecule has 0 radical (unpaired) electrons. The Bertz CT molecular complexity index is 994. The first kappa shape index (κ1) is 17.3. The minimum absolute atomic E-state index is 0.270. The van der Waals surface area contributed by atoms with Crippen LogP contribution in [0.2, 0.25) is 0 Å². The van der Waals surface area contributed by atoms with Crippen molar-refractivity contribution in [3.63, 3.8) is 0 Å². The van der Waals surface area contributed by atoms with Crippen LogP contribution in [-0.2, 0) is 13.6 Å². The van der Waals surface area contributed by atoms with Crippen LogP contribution in [0.3, 0.4) is 0 Å². The Kier molecular flexibility index (Phi) is 4.48. The molecule has 3 aromatic rings. The van der Waals surface area contributed by atoms with E-state index in [2.05, 4.69) is 15.5 Å². The normalized spacial score (nSPS) is 10.7. The van der Waals surface area contributed by atoms with Gasteiger partial charge in [-0.2, -0.15) is 10.2 Å². The fourth-order valence-corrected chi connectivity index (χ4v) is 2.50. The Hall–Kier alpha value is -3.56. The first-order valence-corrected chi connectivity index (χ1v) is 7.61. The first-order valence-electron chi connectivity index (χ1n) is 7.61. The maximum absolute atomic E-state index is 13.2. The van der Waals surface area contributed by atoms with Crippen molar-refractivity contribution >= 4 is 17.3 Å². The van der Waals surface area contributed by atoms with Crippen molar-refractivity contribution in [3.05, 3.63) is 69.5 Å². The van der Waals surface area contributed by atoms with E-state index in [-0.39, 0.29) is 22.9 Å². The third-order valence-electron chi connectivity index (χ3n) is 3.82. The van der Waals surface area contributed by atoms with Gasteiger partial charge in [-0.1, -0.05) is 12.1 Å². The summed E-state index contributed by atoms with van der Waals surface area (Å²) in [4.78, 5) is 22.9. The number of benzene rings is 1. The zero-order chi connectivity index (χ0) is 18.8. The predicted molar refractivity (Wildman–Crippen MR) is 90.3 cm³/mol. The van der Waals surface area contributed by atoms with Crippen LogP contribution < -0.4 is 5.32 Å². The van der Waals surface area contributed by atoms with Gasteiger partial charge in [-0.05, 0) is 24.6 Å². The van der Waals surface area contributed by atoms with E-state index in [4.69, 9.17) is 0 Å². The fourth-order valence-electron chi connectivity index (χ4n) is 2.50. The van der Waals surface area contributed by atoms with Gasteiger partial charge in [0.15, 0.2) is 0 Å². The van der Waals surface area contributed by atoms with Gasteiger partial charge in [0.05, 0.1) is 23.4 Å². The topological polar surface area (TPSA) is 108 Å². The first-order chi connectivity index (χ1) is 12.3. The highest BCUT2D eigenvalue weighted by Gasteiger charge is 2.29. The molecule has 10 heteroatoms. The van der Waals surface area contributed by atoms with E-state index >= 15 is 0 Å². The molecule has 2 aromatic heterocycles. The van der Waals surface area contributed by atoms with E-state index in [1.807, 2.05) is 0 Å². The molecule has 9 nitrogen and oxygen atoms in total. The lowest BCUT2D eigenvalue weighted by molar-refractivity contribution is -0.385. The third-order valence-corrected chi connectivity index (χ3v) is 3.82. The zero-order valence-corrected chi connectivity index (χ0v) is 14.0. The minimum atomic E-state index is -0.703. The fraction of sp³-hybridized carbons (Fsp3) is 0.188. The molecule has 0 unspecified atom stereocenters. The summed E-state index contributed by atoms with van der Waals surface area (Å²) in [6, 6.07) is 6.09. The molecule has 0 fully saturated rings. The summed E-state index contributed by atoms with van der Waals surface area (Å²) in [5.41, 5.74) is 0.734. The summed E-state index contributed by atoms with van der Waals surface area (Å²) in [7, 11) is 1.52. The molecule has 0 saturated heterocycles. The maximum Gasteiger partial charge on any atom is 0.322 e. The van der Waals surface area contributed by atoms with Crippen LogP contribution >= 0.6 is 0 Å². The number of anilines is 1. The second kappa shape index (κ2) is 6.75. The van der Waals surface area contributed by atoms with Crippen molar-refractivity contribution in [3.8, 4) is 0 Å². The minimum Gasteiger partial charge on any atom is -0.318 e. The van der Waals surface area contributed by atoms with Crippen molar-refractivity contribution in [2.75, 3.05) is 5.32 Å². The van der Waals surface area contributed by atoms with Gasteiger partial charge >= 0.3 is 5.69 Å². The number of hydrogen-bond acceptors (Lipinski definition) is 5. The molecule has 1 amide bonds. The van der Waals surface area contributed by atoms with Crippen LogP contribution in [0.5, 0.6) is 0 Å². The number of amides is 1. The Balaban J connectivity index is 1.76. The van der Waals surface area contributed by atoms with E-state index in [0.29, 0.717) is 17.8 Å². The van der Waals surface area contributed by atoms with E-state index in [0.717, 1.165) is 0 Å². The third kappa shape index (κ3) is 3.43. The SMILES string of the molecule is Cc1c([N+](=O)[O-])c(C(=O)Nc2cnn(Cc3cccc(F)c3)c2)nn1C. The molecule has 0 saturated carbocycles. The quantitative estimate of drug-likeness (QED) is 0.556. The van der Waals surface area contributed by atoms with Crippen LogP contribution in [0.25, 0.3) is 0 Å². The van der Waals surface area contributed by atoms with Crippen molar-refractivity contribution < 1.29 is 14.1 Å². The molecule has 2 heterocycles. The van der Waals surface area contributed by atoms with E-state index < -0.39 is 10.8 Å². The van der Waals surface area contributed by atoms with Crippen molar-refractivity contribution in [1.29, 1.82) is 0 Å². The van der Waals surface area contributed by atoms with E-state index in [1.54, 1.807) is 18.3 Å². The average molecular weight is 358 g/mol. The van der Waals surface area contributed by atoms with Gasteiger partial charge in [0.1, 0.15) is 11.5 Å². The summed E-state index contributed by atoms with van der Waals surface area (Å²) in [5, 5.41) is 21.7. The highest BCUT2D eigenvalue weighted by molar-refractivity contribution is 6.05. The van der Waals surface area contributed by atoms with Crippen molar-refractivity contribution in [1.82, 2.24) is 19.6 Å². The van der Waals surface area contributed by atoms with Gasteiger partial charge in [-0.15, -0.1) is 0 Å². The Labute approximate surface area is 147 Å². The molecule has 0 aliphatic heterocycles. The van der Waals surface area contributed by atoms with Gasteiger partial charge < -0.3 is 5.32 Å². The van der Waals surface area contributed by atoms with Crippen LogP contribution in [0, 0.1) is 22.9 Å². The second-order valence-electron chi connectivity index (χ2n) is 5.67. The van der Waals surface area contributed by atoms with E-state index in [9.17, 15) is 19.3 Å². The highest BCUT2D eigenvalue weighted by atomic mass is 19.1. The van der Waals surface area contributed by atoms with Gasteiger partial charge in [0.25, 0.3) is 5.91 Å². The number of aromatic nitrogens is 4. The number of nitro groups is 1. The Morgan fingerprint density at radius 1 is 1.42 bits per heavy atom. The second-order valence-corrected chi connectivity index (χ2v) is 5.67. The molecule has 1 N–H and O–H groups in total. The number of halogens is 1. The molecule has 0 spiro atoms.